The number of hydrogen-bond acceptors (Lipinski definition) is 5. The molecule has 1 heterocycles. The number of nitrogens with one attached hydrogen (secondary N) is 1. The number of aliphatic hydroxyl groups is 1. The number of hydrogen-bond donors (Lipinski definition) is 3. The van der Waals surface area contributed by atoms with Crippen molar-refractivity contribution >= 4 is 45.0 Å². The molecule has 7 nitrogen and oxygen atoms in total. The molecule has 1 atom stereocenters. The van der Waals surface area contributed by atoms with Crippen LogP contribution in [0.3, 0.4) is 0 Å². The number of amides is 2. The molecule has 1 aromatic heterocycles. The monoisotopic (exact) mass is 684 g/mol. The van der Waals surface area contributed by atoms with E-state index in [1.807, 2.05) is 63.2 Å². The summed E-state index contributed by atoms with van der Waals surface area (Å²) in [6.07, 6.45) is 0.224. The number of nitrogens with zero attached hydrogens (tertiary/aromatic N) is 1. The molecule has 47 heavy (non-hydrogen) atoms. The molecule has 0 radical (unpaired) electrons. The Balaban J connectivity index is 1.56. The molecule has 1 aliphatic carbocycles. The van der Waals surface area contributed by atoms with E-state index in [0.29, 0.717) is 37.0 Å². The first kappa shape index (κ1) is 34.6. The second-order valence-corrected chi connectivity index (χ2v) is 14.6. The molecule has 250 valence electrons. The zero-order valence-electron chi connectivity index (χ0n) is 27.0. The molecule has 0 bridgehead atoms. The highest BCUT2D eigenvalue weighted by atomic mass is 35.5. The van der Waals surface area contributed by atoms with Crippen LogP contribution >= 0.6 is 22.9 Å². The average Bonchev–Trinajstić information content (AvgIpc) is 3.39. The quantitative estimate of drug-likeness (QED) is 0.172. The van der Waals surface area contributed by atoms with Crippen molar-refractivity contribution in [2.75, 3.05) is 7.11 Å². The van der Waals surface area contributed by atoms with Crippen LogP contribution in [0.1, 0.15) is 80.3 Å². The summed E-state index contributed by atoms with van der Waals surface area (Å²) < 4.78 is 35.3. The van der Waals surface area contributed by atoms with Gasteiger partial charge in [0.15, 0.2) is 0 Å². The maximum absolute atomic E-state index is 14.8. The van der Waals surface area contributed by atoms with Gasteiger partial charge >= 0.3 is 6.09 Å². The second kappa shape index (κ2) is 13.4. The minimum Gasteiger partial charge on any atom is -0.496 e. The summed E-state index contributed by atoms with van der Waals surface area (Å²) in [6, 6.07) is 14.9. The van der Waals surface area contributed by atoms with Gasteiger partial charge in [0.1, 0.15) is 22.3 Å². The molecule has 5 rings (SSSR count). The first-order valence-electron chi connectivity index (χ1n) is 15.5. The number of carbonyl (C=O) groups excluding carboxylic acids is 1. The van der Waals surface area contributed by atoms with Crippen molar-refractivity contribution in [1.29, 1.82) is 0 Å². The van der Waals surface area contributed by atoms with Crippen LogP contribution in [0.2, 0.25) is 5.02 Å². The van der Waals surface area contributed by atoms with Crippen LogP contribution in [0.25, 0.3) is 21.2 Å². The van der Waals surface area contributed by atoms with E-state index < -0.39 is 40.7 Å². The van der Waals surface area contributed by atoms with E-state index >= 15 is 0 Å². The zero-order chi connectivity index (χ0) is 34.3. The van der Waals surface area contributed by atoms with Crippen LogP contribution in [0.5, 0.6) is 5.75 Å². The summed E-state index contributed by atoms with van der Waals surface area (Å²) in [5.41, 5.74) is 2.17. The molecule has 0 spiro atoms. The van der Waals surface area contributed by atoms with Crippen molar-refractivity contribution in [3.63, 3.8) is 0 Å². The first-order valence-corrected chi connectivity index (χ1v) is 16.7. The number of thiophene rings is 1. The molecule has 11 heteroatoms. The van der Waals surface area contributed by atoms with Gasteiger partial charge in [-0.05, 0) is 79.0 Å². The second-order valence-electron chi connectivity index (χ2n) is 13.2. The van der Waals surface area contributed by atoms with Crippen LogP contribution < -0.4 is 10.1 Å². The molecular formula is C36H39ClF2N2O5S. The fraction of sp³-hybridized carbons (Fsp3) is 0.389. The maximum Gasteiger partial charge on any atom is 0.405 e. The molecule has 1 saturated carbocycles. The SMILES string of the molecule is COc1ccc(-c2ccc(C(C)O)cc2)cc1CN(C(=O)c1sc2c(F)ccc(F)c2c1Cl)C1CCC(NC(=O)O)(C(C)(C)C)CC1. The number of aliphatic hydroxyl groups excluding tert-OH is 1. The molecule has 0 saturated heterocycles. The highest BCUT2D eigenvalue weighted by Gasteiger charge is 2.47. The van der Waals surface area contributed by atoms with Gasteiger partial charge in [0.25, 0.3) is 5.91 Å². The number of methoxy groups -OCH3 is 1. The van der Waals surface area contributed by atoms with E-state index in [-0.39, 0.29) is 32.6 Å². The van der Waals surface area contributed by atoms with Gasteiger partial charge in [0.05, 0.1) is 28.3 Å². The van der Waals surface area contributed by atoms with Crippen molar-refractivity contribution in [2.24, 2.45) is 5.41 Å². The highest BCUT2D eigenvalue weighted by Crippen LogP contribution is 2.45. The third-order valence-corrected chi connectivity index (χ3v) is 11.2. The molecule has 1 unspecified atom stereocenters. The lowest BCUT2D eigenvalue weighted by Crippen LogP contribution is -2.60. The number of benzene rings is 3. The standard InChI is InChI=1S/C36H39ClF2N2O5S/c1-20(42)21-6-8-22(9-7-21)23-10-13-28(46-5)24(18-23)19-41(25-14-16-36(17-15-25,35(2,3)4)40-34(44)45)33(43)32-30(37)29-26(38)11-12-27(39)31(29)47-32/h6-13,18,20,25,40,42H,14-17,19H2,1-5H3,(H,44,45). The van der Waals surface area contributed by atoms with Crippen LogP contribution in [0.15, 0.2) is 54.6 Å². The smallest absolute Gasteiger partial charge is 0.405 e. The van der Waals surface area contributed by atoms with Gasteiger partial charge in [0.2, 0.25) is 0 Å². The van der Waals surface area contributed by atoms with Crippen LogP contribution in [-0.2, 0) is 6.54 Å². The third kappa shape index (κ3) is 6.82. The van der Waals surface area contributed by atoms with E-state index in [2.05, 4.69) is 5.32 Å². The fourth-order valence-electron chi connectivity index (χ4n) is 6.63. The summed E-state index contributed by atoms with van der Waals surface area (Å²) in [5, 5.41) is 22.1. The summed E-state index contributed by atoms with van der Waals surface area (Å²) >= 11 is 7.44. The van der Waals surface area contributed by atoms with Crippen LogP contribution in [-0.4, -0.2) is 45.8 Å². The fourth-order valence-corrected chi connectivity index (χ4v) is 8.13. The Bertz CT molecular complexity index is 1790. The van der Waals surface area contributed by atoms with Gasteiger partial charge in [-0.15, -0.1) is 11.3 Å². The van der Waals surface area contributed by atoms with Gasteiger partial charge in [-0.1, -0.05) is 62.7 Å². The summed E-state index contributed by atoms with van der Waals surface area (Å²) in [6.45, 7) is 7.80. The molecule has 1 fully saturated rings. The minimum atomic E-state index is -1.10. The van der Waals surface area contributed by atoms with E-state index in [4.69, 9.17) is 16.3 Å². The number of fused-ring (bicyclic) bond motifs is 1. The molecule has 0 aliphatic heterocycles. The lowest BCUT2D eigenvalue weighted by atomic mass is 9.64. The average molecular weight is 685 g/mol. The van der Waals surface area contributed by atoms with Crippen LogP contribution in [0, 0.1) is 17.0 Å². The van der Waals surface area contributed by atoms with E-state index in [0.717, 1.165) is 40.2 Å². The van der Waals surface area contributed by atoms with Crippen molar-refractivity contribution in [2.45, 2.75) is 77.6 Å². The van der Waals surface area contributed by atoms with E-state index in [1.54, 1.807) is 18.9 Å². The number of carbonyl (C=O) groups is 2. The predicted molar refractivity (Wildman–Crippen MR) is 181 cm³/mol. The normalized spacial score (nSPS) is 19.0. The maximum atomic E-state index is 14.8. The zero-order valence-corrected chi connectivity index (χ0v) is 28.6. The Labute approximate surface area is 282 Å². The summed E-state index contributed by atoms with van der Waals surface area (Å²) in [5.74, 6) is -1.29. The number of carboxylic acid groups (broad SMARTS) is 1. The Kier molecular flexibility index (Phi) is 9.87. The van der Waals surface area contributed by atoms with Crippen molar-refractivity contribution < 1.29 is 33.3 Å². The number of halogens is 3. The Morgan fingerprint density at radius 1 is 1.06 bits per heavy atom. The third-order valence-electron chi connectivity index (χ3n) is 9.52. The number of ether oxygens (including phenoxy) is 1. The molecular weight excluding hydrogens is 646 g/mol. The van der Waals surface area contributed by atoms with Gasteiger partial charge in [-0.2, -0.15) is 0 Å². The topological polar surface area (TPSA) is 99.1 Å². The molecule has 3 N–H and O–H groups in total. The minimum absolute atomic E-state index is 0.0282. The van der Waals surface area contributed by atoms with Crippen molar-refractivity contribution in [3.05, 3.63) is 87.3 Å². The van der Waals surface area contributed by atoms with Gasteiger partial charge in [0, 0.05) is 23.7 Å². The molecule has 2 amide bonds. The largest absolute Gasteiger partial charge is 0.496 e. The lowest BCUT2D eigenvalue weighted by molar-refractivity contribution is 0.0351. The molecule has 4 aromatic rings. The Morgan fingerprint density at radius 2 is 1.68 bits per heavy atom. The molecule has 1 aliphatic rings. The summed E-state index contributed by atoms with van der Waals surface area (Å²) in [4.78, 5) is 28.0. The van der Waals surface area contributed by atoms with Crippen molar-refractivity contribution in [1.82, 2.24) is 10.2 Å². The first-order chi connectivity index (χ1) is 22.2. The number of rotatable bonds is 8. The van der Waals surface area contributed by atoms with E-state index in [9.17, 15) is 28.6 Å². The van der Waals surface area contributed by atoms with Gasteiger partial charge < -0.3 is 25.2 Å². The highest BCUT2D eigenvalue weighted by molar-refractivity contribution is 7.21. The summed E-state index contributed by atoms with van der Waals surface area (Å²) in [7, 11) is 1.55. The van der Waals surface area contributed by atoms with E-state index in [1.165, 1.54) is 0 Å². The van der Waals surface area contributed by atoms with Crippen molar-refractivity contribution in [3.8, 4) is 16.9 Å². The predicted octanol–water partition coefficient (Wildman–Crippen LogP) is 9.20. The Hall–Kier alpha value is -3.73. The molecule has 3 aromatic carbocycles. The van der Waals surface area contributed by atoms with Gasteiger partial charge in [-0.3, -0.25) is 4.79 Å². The lowest BCUT2D eigenvalue weighted by Gasteiger charge is -2.50. The van der Waals surface area contributed by atoms with Gasteiger partial charge in [-0.25, -0.2) is 13.6 Å². The van der Waals surface area contributed by atoms with Crippen LogP contribution in [0.4, 0.5) is 13.6 Å². The Morgan fingerprint density at radius 3 is 2.23 bits per heavy atom.